The van der Waals surface area contributed by atoms with Crippen molar-refractivity contribution in [2.75, 3.05) is 17.2 Å². The first-order valence-electron chi connectivity index (χ1n) is 7.98. The largest absolute Gasteiger partial charge is 0.478 e. The fraction of sp³-hybridized carbons (Fsp3) is 0.588. The SMILES string of the molecule is Cc1cc(N2CCCC3CCCCC32)cc(C(=O)O)c1N. The van der Waals surface area contributed by atoms with Crippen molar-refractivity contribution < 1.29 is 9.90 Å². The van der Waals surface area contributed by atoms with Gasteiger partial charge in [0.2, 0.25) is 0 Å². The van der Waals surface area contributed by atoms with Crippen LogP contribution in [0.1, 0.15) is 54.4 Å². The van der Waals surface area contributed by atoms with Crippen molar-refractivity contribution in [2.45, 2.75) is 51.5 Å². The quantitative estimate of drug-likeness (QED) is 0.818. The second-order valence-corrected chi connectivity index (χ2v) is 6.48. The van der Waals surface area contributed by atoms with E-state index >= 15 is 0 Å². The van der Waals surface area contributed by atoms with Crippen molar-refractivity contribution in [2.24, 2.45) is 5.92 Å². The lowest BCUT2D eigenvalue weighted by Crippen LogP contribution is -2.47. The average molecular weight is 288 g/mol. The Labute approximate surface area is 125 Å². The van der Waals surface area contributed by atoms with E-state index in [-0.39, 0.29) is 5.56 Å². The van der Waals surface area contributed by atoms with Crippen LogP contribution in [-0.2, 0) is 0 Å². The number of carboxylic acids is 1. The number of aromatic carboxylic acids is 1. The Balaban J connectivity index is 1.97. The molecule has 114 valence electrons. The standard InChI is InChI=1S/C17H24N2O2/c1-11-9-13(10-14(16(11)18)17(20)21)19-8-4-6-12-5-2-3-7-15(12)19/h9-10,12,15H,2-8,18H2,1H3,(H,20,21). The van der Waals surface area contributed by atoms with Gasteiger partial charge >= 0.3 is 5.97 Å². The number of nitrogens with zero attached hydrogens (tertiary/aromatic N) is 1. The molecular formula is C17H24N2O2. The van der Waals surface area contributed by atoms with E-state index in [4.69, 9.17) is 5.73 Å². The van der Waals surface area contributed by atoms with Crippen LogP contribution in [0.2, 0.25) is 0 Å². The van der Waals surface area contributed by atoms with Crippen molar-refractivity contribution in [3.63, 3.8) is 0 Å². The van der Waals surface area contributed by atoms with E-state index in [0.29, 0.717) is 11.7 Å². The van der Waals surface area contributed by atoms with Crippen LogP contribution in [0.4, 0.5) is 11.4 Å². The number of carbonyl (C=O) groups is 1. The molecule has 1 heterocycles. The van der Waals surface area contributed by atoms with E-state index in [9.17, 15) is 9.90 Å². The molecule has 1 aliphatic heterocycles. The third kappa shape index (κ3) is 2.59. The van der Waals surface area contributed by atoms with E-state index in [0.717, 1.165) is 23.7 Å². The van der Waals surface area contributed by atoms with Crippen LogP contribution in [0.3, 0.4) is 0 Å². The maximum Gasteiger partial charge on any atom is 0.337 e. The molecule has 21 heavy (non-hydrogen) atoms. The lowest BCUT2D eigenvalue weighted by molar-refractivity contribution is 0.0698. The molecule has 2 atom stereocenters. The van der Waals surface area contributed by atoms with Gasteiger partial charge in [-0.25, -0.2) is 4.79 Å². The summed E-state index contributed by atoms with van der Waals surface area (Å²) < 4.78 is 0. The average Bonchev–Trinajstić information content (AvgIpc) is 2.49. The number of piperidine rings is 1. The van der Waals surface area contributed by atoms with Gasteiger partial charge in [-0.3, -0.25) is 0 Å². The molecule has 4 heteroatoms. The molecule has 0 bridgehead atoms. The van der Waals surface area contributed by atoms with E-state index in [2.05, 4.69) is 11.0 Å². The molecule has 1 saturated heterocycles. The van der Waals surface area contributed by atoms with Crippen LogP contribution >= 0.6 is 0 Å². The van der Waals surface area contributed by atoms with Crippen molar-refractivity contribution in [1.29, 1.82) is 0 Å². The van der Waals surface area contributed by atoms with Crippen molar-refractivity contribution in [3.8, 4) is 0 Å². The minimum atomic E-state index is -0.936. The highest BCUT2D eigenvalue weighted by atomic mass is 16.4. The van der Waals surface area contributed by atoms with Crippen LogP contribution in [0.15, 0.2) is 12.1 Å². The minimum absolute atomic E-state index is 0.239. The lowest BCUT2D eigenvalue weighted by atomic mass is 9.78. The highest BCUT2D eigenvalue weighted by Crippen LogP contribution is 2.38. The normalized spacial score (nSPS) is 25.5. The molecule has 2 unspecified atom stereocenters. The van der Waals surface area contributed by atoms with Gasteiger partial charge in [-0.15, -0.1) is 0 Å². The second kappa shape index (κ2) is 5.58. The predicted octanol–water partition coefficient (Wildman–Crippen LogP) is 3.43. The van der Waals surface area contributed by atoms with Crippen LogP contribution < -0.4 is 10.6 Å². The molecule has 0 spiro atoms. The molecular weight excluding hydrogens is 264 g/mol. The fourth-order valence-electron chi connectivity index (χ4n) is 4.07. The summed E-state index contributed by atoms with van der Waals surface area (Å²) in [6.07, 6.45) is 7.71. The number of fused-ring (bicyclic) bond motifs is 1. The molecule has 4 nitrogen and oxygen atoms in total. The molecule has 1 aromatic carbocycles. The Morgan fingerprint density at radius 3 is 2.71 bits per heavy atom. The van der Waals surface area contributed by atoms with Gasteiger partial charge in [0.25, 0.3) is 0 Å². The van der Waals surface area contributed by atoms with E-state index in [1.165, 1.54) is 38.5 Å². The van der Waals surface area contributed by atoms with Gasteiger partial charge in [0.05, 0.1) is 5.56 Å². The number of nitrogens with two attached hydrogens (primary N) is 1. The van der Waals surface area contributed by atoms with Crippen molar-refractivity contribution >= 4 is 17.3 Å². The topological polar surface area (TPSA) is 66.6 Å². The summed E-state index contributed by atoms with van der Waals surface area (Å²) in [6.45, 7) is 2.93. The second-order valence-electron chi connectivity index (χ2n) is 6.48. The summed E-state index contributed by atoms with van der Waals surface area (Å²) in [5.74, 6) is -0.159. The summed E-state index contributed by atoms with van der Waals surface area (Å²) in [4.78, 5) is 13.8. The molecule has 1 aliphatic carbocycles. The molecule has 1 saturated carbocycles. The Hall–Kier alpha value is -1.71. The first-order chi connectivity index (χ1) is 10.1. The number of rotatable bonds is 2. The van der Waals surface area contributed by atoms with Gasteiger partial charge in [-0.2, -0.15) is 0 Å². The first kappa shape index (κ1) is 14.2. The van der Waals surface area contributed by atoms with Crippen LogP contribution in [-0.4, -0.2) is 23.7 Å². The Morgan fingerprint density at radius 1 is 1.24 bits per heavy atom. The number of carboxylic acid groups (broad SMARTS) is 1. The zero-order valence-corrected chi connectivity index (χ0v) is 12.6. The predicted molar refractivity (Wildman–Crippen MR) is 84.9 cm³/mol. The van der Waals surface area contributed by atoms with Crippen LogP contribution in [0.5, 0.6) is 0 Å². The Bertz CT molecular complexity index is 554. The number of benzene rings is 1. The van der Waals surface area contributed by atoms with Gasteiger partial charge in [0.1, 0.15) is 0 Å². The number of aryl methyl sites for hydroxylation is 1. The highest BCUT2D eigenvalue weighted by Gasteiger charge is 2.33. The number of hydrogen-bond acceptors (Lipinski definition) is 3. The zero-order valence-electron chi connectivity index (χ0n) is 12.6. The first-order valence-corrected chi connectivity index (χ1v) is 7.98. The summed E-state index contributed by atoms with van der Waals surface area (Å²) in [6, 6.07) is 4.40. The summed E-state index contributed by atoms with van der Waals surface area (Å²) >= 11 is 0. The minimum Gasteiger partial charge on any atom is -0.478 e. The van der Waals surface area contributed by atoms with E-state index in [1.54, 1.807) is 6.07 Å². The van der Waals surface area contributed by atoms with E-state index in [1.807, 2.05) is 6.92 Å². The van der Waals surface area contributed by atoms with Crippen molar-refractivity contribution in [1.82, 2.24) is 0 Å². The number of nitrogen functional groups attached to an aromatic ring is 1. The van der Waals surface area contributed by atoms with Crippen molar-refractivity contribution in [3.05, 3.63) is 23.3 Å². The Morgan fingerprint density at radius 2 is 1.95 bits per heavy atom. The number of hydrogen-bond donors (Lipinski definition) is 2. The molecule has 0 radical (unpaired) electrons. The highest BCUT2D eigenvalue weighted by molar-refractivity contribution is 5.95. The molecule has 3 rings (SSSR count). The Kier molecular flexibility index (Phi) is 3.79. The summed E-state index contributed by atoms with van der Waals surface area (Å²) in [7, 11) is 0. The molecule has 2 aliphatic rings. The third-order valence-electron chi connectivity index (χ3n) is 5.18. The summed E-state index contributed by atoms with van der Waals surface area (Å²) in [5, 5.41) is 9.35. The molecule has 0 amide bonds. The van der Waals surface area contributed by atoms with Gasteiger partial charge in [0, 0.05) is 24.0 Å². The molecule has 0 aromatic heterocycles. The lowest BCUT2D eigenvalue weighted by Gasteiger charge is -2.45. The van der Waals surface area contributed by atoms with Crippen LogP contribution in [0, 0.1) is 12.8 Å². The molecule has 3 N–H and O–H groups in total. The molecule has 1 aromatic rings. The van der Waals surface area contributed by atoms with E-state index < -0.39 is 5.97 Å². The summed E-state index contributed by atoms with van der Waals surface area (Å²) in [5.41, 5.74) is 8.45. The maximum absolute atomic E-state index is 11.4. The van der Waals surface area contributed by atoms with Crippen LogP contribution in [0.25, 0.3) is 0 Å². The van der Waals surface area contributed by atoms with Gasteiger partial charge in [-0.05, 0) is 56.2 Å². The third-order valence-corrected chi connectivity index (χ3v) is 5.18. The fourth-order valence-corrected chi connectivity index (χ4v) is 4.07. The maximum atomic E-state index is 11.4. The van der Waals surface area contributed by atoms with Gasteiger partial charge in [-0.1, -0.05) is 12.8 Å². The molecule has 2 fully saturated rings. The van der Waals surface area contributed by atoms with Gasteiger partial charge < -0.3 is 15.7 Å². The smallest absolute Gasteiger partial charge is 0.337 e. The number of anilines is 2. The van der Waals surface area contributed by atoms with Gasteiger partial charge in [0.15, 0.2) is 0 Å². The zero-order chi connectivity index (χ0) is 15.0. The monoisotopic (exact) mass is 288 g/mol.